The first kappa shape index (κ1) is 9.38. The molecule has 1 N–H and O–H groups in total. The standard InChI is InChI=1S/C12H16O2/c1-2-10-4-3-5-11(12(10)13)14-8-9-6-7-9/h3-5,9,13H,2,6-8H2,1H3. The van der Waals surface area contributed by atoms with Crippen molar-refractivity contribution in [3.05, 3.63) is 23.8 Å². The van der Waals surface area contributed by atoms with Gasteiger partial charge in [-0.25, -0.2) is 0 Å². The molecule has 2 nitrogen and oxygen atoms in total. The molecular weight excluding hydrogens is 176 g/mol. The SMILES string of the molecule is CCc1cccc(OCC2CC2)c1O. The van der Waals surface area contributed by atoms with E-state index in [1.54, 1.807) is 0 Å². The number of aromatic hydroxyl groups is 1. The molecule has 0 bridgehead atoms. The Bertz CT molecular complexity index is 316. The third-order valence-electron chi connectivity index (χ3n) is 2.63. The van der Waals surface area contributed by atoms with Crippen molar-refractivity contribution in [1.82, 2.24) is 0 Å². The highest BCUT2D eigenvalue weighted by atomic mass is 16.5. The first-order valence-corrected chi connectivity index (χ1v) is 5.25. The van der Waals surface area contributed by atoms with E-state index in [1.165, 1.54) is 12.8 Å². The lowest BCUT2D eigenvalue weighted by molar-refractivity contribution is 0.283. The van der Waals surface area contributed by atoms with Gasteiger partial charge in [-0.1, -0.05) is 19.1 Å². The van der Waals surface area contributed by atoms with Crippen molar-refractivity contribution >= 4 is 0 Å². The second-order valence-corrected chi connectivity index (χ2v) is 3.87. The lowest BCUT2D eigenvalue weighted by Crippen LogP contribution is -1.99. The molecule has 2 rings (SSSR count). The zero-order chi connectivity index (χ0) is 9.97. The predicted octanol–water partition coefficient (Wildman–Crippen LogP) is 2.74. The number of aryl methyl sites for hydroxylation is 1. The van der Waals surface area contributed by atoms with E-state index in [1.807, 2.05) is 25.1 Å². The summed E-state index contributed by atoms with van der Waals surface area (Å²) in [5.74, 6) is 1.67. The van der Waals surface area contributed by atoms with Gasteiger partial charge in [-0.3, -0.25) is 0 Å². The third kappa shape index (κ3) is 2.00. The summed E-state index contributed by atoms with van der Waals surface area (Å²) in [5.41, 5.74) is 0.957. The van der Waals surface area contributed by atoms with Crippen molar-refractivity contribution in [3.8, 4) is 11.5 Å². The van der Waals surface area contributed by atoms with Gasteiger partial charge in [-0.2, -0.15) is 0 Å². The minimum absolute atomic E-state index is 0.315. The highest BCUT2D eigenvalue weighted by Gasteiger charge is 2.22. The van der Waals surface area contributed by atoms with Crippen LogP contribution >= 0.6 is 0 Å². The Morgan fingerprint density at radius 3 is 2.86 bits per heavy atom. The van der Waals surface area contributed by atoms with Crippen LogP contribution in [-0.4, -0.2) is 11.7 Å². The van der Waals surface area contributed by atoms with Crippen molar-refractivity contribution in [3.63, 3.8) is 0 Å². The Balaban J connectivity index is 2.06. The van der Waals surface area contributed by atoms with Crippen molar-refractivity contribution < 1.29 is 9.84 Å². The van der Waals surface area contributed by atoms with E-state index < -0.39 is 0 Å². The smallest absolute Gasteiger partial charge is 0.161 e. The molecule has 1 aromatic carbocycles. The molecule has 0 saturated heterocycles. The van der Waals surface area contributed by atoms with E-state index in [4.69, 9.17) is 4.74 Å². The van der Waals surface area contributed by atoms with Crippen LogP contribution in [0.3, 0.4) is 0 Å². The lowest BCUT2D eigenvalue weighted by Gasteiger charge is -2.09. The van der Waals surface area contributed by atoms with Gasteiger partial charge in [0.25, 0.3) is 0 Å². The van der Waals surface area contributed by atoms with E-state index in [-0.39, 0.29) is 0 Å². The highest BCUT2D eigenvalue weighted by Crippen LogP contribution is 2.33. The molecule has 0 atom stereocenters. The Kier molecular flexibility index (Phi) is 2.62. The largest absolute Gasteiger partial charge is 0.504 e. The van der Waals surface area contributed by atoms with Crippen molar-refractivity contribution in [2.75, 3.05) is 6.61 Å². The second kappa shape index (κ2) is 3.91. The average molecular weight is 192 g/mol. The fourth-order valence-electron chi connectivity index (χ4n) is 1.46. The summed E-state index contributed by atoms with van der Waals surface area (Å²) in [6, 6.07) is 5.69. The molecule has 2 heteroatoms. The Morgan fingerprint density at radius 2 is 2.21 bits per heavy atom. The predicted molar refractivity (Wildman–Crippen MR) is 55.7 cm³/mol. The molecule has 0 spiro atoms. The van der Waals surface area contributed by atoms with Crippen molar-refractivity contribution in [2.45, 2.75) is 26.2 Å². The minimum atomic E-state index is 0.315. The molecule has 0 aliphatic heterocycles. The number of rotatable bonds is 4. The fraction of sp³-hybridized carbons (Fsp3) is 0.500. The molecule has 1 fully saturated rings. The Hall–Kier alpha value is -1.18. The third-order valence-corrected chi connectivity index (χ3v) is 2.63. The van der Waals surface area contributed by atoms with Crippen LogP contribution in [0.4, 0.5) is 0 Å². The van der Waals surface area contributed by atoms with Gasteiger partial charge in [0.05, 0.1) is 6.61 Å². The van der Waals surface area contributed by atoms with Gasteiger partial charge in [0.1, 0.15) is 0 Å². The minimum Gasteiger partial charge on any atom is -0.504 e. The Morgan fingerprint density at radius 1 is 1.43 bits per heavy atom. The molecule has 1 aliphatic carbocycles. The van der Waals surface area contributed by atoms with Gasteiger partial charge in [-0.05, 0) is 36.8 Å². The summed E-state index contributed by atoms with van der Waals surface area (Å²) in [7, 11) is 0. The monoisotopic (exact) mass is 192 g/mol. The normalized spacial score (nSPS) is 15.5. The summed E-state index contributed by atoms with van der Waals surface area (Å²) < 4.78 is 5.55. The number of benzene rings is 1. The van der Waals surface area contributed by atoms with Gasteiger partial charge < -0.3 is 9.84 Å². The molecule has 1 aliphatic rings. The molecule has 1 saturated carbocycles. The van der Waals surface area contributed by atoms with E-state index in [0.717, 1.165) is 24.5 Å². The number of phenolic OH excluding ortho intramolecular Hbond substituents is 1. The summed E-state index contributed by atoms with van der Waals surface area (Å²) in [6.07, 6.45) is 3.38. The number of ether oxygens (including phenoxy) is 1. The maximum atomic E-state index is 9.80. The van der Waals surface area contributed by atoms with Crippen LogP contribution in [0, 0.1) is 5.92 Å². The summed E-state index contributed by atoms with van der Waals surface area (Å²) in [6.45, 7) is 2.78. The molecule has 0 unspecified atom stereocenters. The quantitative estimate of drug-likeness (QED) is 0.794. The fourth-order valence-corrected chi connectivity index (χ4v) is 1.46. The van der Waals surface area contributed by atoms with Gasteiger partial charge in [0.2, 0.25) is 0 Å². The molecular formula is C12H16O2. The number of para-hydroxylation sites is 1. The maximum absolute atomic E-state index is 9.80. The zero-order valence-corrected chi connectivity index (χ0v) is 8.49. The van der Waals surface area contributed by atoms with Crippen LogP contribution in [0.1, 0.15) is 25.3 Å². The van der Waals surface area contributed by atoms with E-state index in [0.29, 0.717) is 11.5 Å². The van der Waals surface area contributed by atoms with E-state index in [2.05, 4.69) is 0 Å². The number of phenols is 1. The molecule has 0 radical (unpaired) electrons. The van der Waals surface area contributed by atoms with Gasteiger partial charge in [0, 0.05) is 0 Å². The lowest BCUT2D eigenvalue weighted by atomic mass is 10.1. The van der Waals surface area contributed by atoms with Crippen LogP contribution in [0.25, 0.3) is 0 Å². The molecule has 14 heavy (non-hydrogen) atoms. The van der Waals surface area contributed by atoms with Gasteiger partial charge in [0.15, 0.2) is 11.5 Å². The molecule has 1 aromatic rings. The van der Waals surface area contributed by atoms with E-state index in [9.17, 15) is 5.11 Å². The summed E-state index contributed by atoms with van der Waals surface area (Å²) in [5, 5.41) is 9.80. The van der Waals surface area contributed by atoms with Crippen molar-refractivity contribution in [2.24, 2.45) is 5.92 Å². The highest BCUT2D eigenvalue weighted by molar-refractivity contribution is 5.45. The number of hydrogen-bond acceptors (Lipinski definition) is 2. The topological polar surface area (TPSA) is 29.5 Å². The first-order chi connectivity index (χ1) is 6.81. The summed E-state index contributed by atoms with van der Waals surface area (Å²) >= 11 is 0. The van der Waals surface area contributed by atoms with E-state index >= 15 is 0 Å². The van der Waals surface area contributed by atoms with Gasteiger partial charge in [-0.15, -0.1) is 0 Å². The van der Waals surface area contributed by atoms with Crippen LogP contribution in [-0.2, 0) is 6.42 Å². The van der Waals surface area contributed by atoms with Crippen LogP contribution in [0.5, 0.6) is 11.5 Å². The molecule has 0 aromatic heterocycles. The average Bonchev–Trinajstić information content (AvgIpc) is 3.00. The van der Waals surface area contributed by atoms with Crippen LogP contribution in [0.15, 0.2) is 18.2 Å². The Labute approximate surface area is 84.5 Å². The first-order valence-electron chi connectivity index (χ1n) is 5.25. The zero-order valence-electron chi connectivity index (χ0n) is 8.49. The van der Waals surface area contributed by atoms with Crippen LogP contribution < -0.4 is 4.74 Å². The molecule has 0 amide bonds. The second-order valence-electron chi connectivity index (χ2n) is 3.87. The molecule has 0 heterocycles. The summed E-state index contributed by atoms with van der Waals surface area (Å²) in [4.78, 5) is 0. The van der Waals surface area contributed by atoms with Crippen LogP contribution in [0.2, 0.25) is 0 Å². The molecule has 76 valence electrons. The number of hydrogen-bond donors (Lipinski definition) is 1. The maximum Gasteiger partial charge on any atom is 0.161 e. The van der Waals surface area contributed by atoms with Gasteiger partial charge >= 0.3 is 0 Å². The van der Waals surface area contributed by atoms with Crippen molar-refractivity contribution in [1.29, 1.82) is 0 Å².